The second-order valence-corrected chi connectivity index (χ2v) is 3.55. The molecule has 1 aliphatic heterocycles. The molecule has 15 heavy (non-hydrogen) atoms. The highest BCUT2D eigenvalue weighted by atomic mass is 16.5. The average molecular weight is 214 g/mol. The summed E-state index contributed by atoms with van der Waals surface area (Å²) >= 11 is 0. The van der Waals surface area contributed by atoms with Gasteiger partial charge in [-0.05, 0) is 13.3 Å². The molecule has 0 saturated carbocycles. The number of hydrogen-bond acceptors (Lipinski definition) is 3. The van der Waals surface area contributed by atoms with Gasteiger partial charge in [0.1, 0.15) is 0 Å². The first-order valence-electron chi connectivity index (χ1n) is 5.36. The van der Waals surface area contributed by atoms with Crippen molar-refractivity contribution in [1.29, 1.82) is 0 Å². The Labute approximate surface area is 89.6 Å². The average Bonchev–Trinajstić information content (AvgIpc) is 2.64. The summed E-state index contributed by atoms with van der Waals surface area (Å²) in [6, 6.07) is 0. The Morgan fingerprint density at radius 3 is 3.07 bits per heavy atom. The predicted molar refractivity (Wildman–Crippen MR) is 55.2 cm³/mol. The molecule has 1 heterocycles. The van der Waals surface area contributed by atoms with Crippen molar-refractivity contribution in [2.45, 2.75) is 19.8 Å². The minimum absolute atomic E-state index is 0.0372. The molecule has 1 rings (SSSR count). The number of hydrogen-bond donors (Lipinski definition) is 2. The molecule has 5 heteroatoms. The van der Waals surface area contributed by atoms with Gasteiger partial charge in [-0.3, -0.25) is 9.59 Å². The van der Waals surface area contributed by atoms with E-state index in [0.717, 1.165) is 6.42 Å². The highest BCUT2D eigenvalue weighted by Crippen LogP contribution is 2.08. The van der Waals surface area contributed by atoms with E-state index in [9.17, 15) is 9.59 Å². The molecule has 0 aromatic heterocycles. The van der Waals surface area contributed by atoms with E-state index in [-0.39, 0.29) is 17.7 Å². The van der Waals surface area contributed by atoms with E-state index in [1.807, 2.05) is 6.92 Å². The van der Waals surface area contributed by atoms with Gasteiger partial charge in [-0.15, -0.1) is 0 Å². The lowest BCUT2D eigenvalue weighted by molar-refractivity contribution is -0.126. The highest BCUT2D eigenvalue weighted by molar-refractivity contribution is 5.89. The van der Waals surface area contributed by atoms with Crippen molar-refractivity contribution < 1.29 is 14.3 Å². The number of carbonyl (C=O) groups excluding carboxylic acids is 2. The molecule has 0 aromatic carbocycles. The van der Waals surface area contributed by atoms with Crippen LogP contribution < -0.4 is 10.6 Å². The van der Waals surface area contributed by atoms with Gasteiger partial charge in [-0.1, -0.05) is 0 Å². The molecule has 0 radical (unpaired) electrons. The fraction of sp³-hybridized carbons (Fsp3) is 0.800. The topological polar surface area (TPSA) is 67.4 Å². The van der Waals surface area contributed by atoms with Crippen molar-refractivity contribution >= 4 is 11.8 Å². The van der Waals surface area contributed by atoms with Crippen molar-refractivity contribution in [3.63, 3.8) is 0 Å². The van der Waals surface area contributed by atoms with Gasteiger partial charge in [0.25, 0.3) is 0 Å². The van der Waals surface area contributed by atoms with E-state index in [0.29, 0.717) is 32.7 Å². The van der Waals surface area contributed by atoms with Gasteiger partial charge >= 0.3 is 0 Å². The molecule has 0 spiro atoms. The van der Waals surface area contributed by atoms with E-state index in [1.165, 1.54) is 0 Å². The van der Waals surface area contributed by atoms with Crippen LogP contribution in [0.4, 0.5) is 0 Å². The zero-order valence-corrected chi connectivity index (χ0v) is 9.04. The number of nitrogens with one attached hydrogen (secondary N) is 2. The Morgan fingerprint density at radius 1 is 1.67 bits per heavy atom. The first-order chi connectivity index (χ1) is 7.24. The molecular weight excluding hydrogens is 196 g/mol. The molecule has 0 aromatic rings. The molecule has 1 saturated heterocycles. The summed E-state index contributed by atoms with van der Waals surface area (Å²) in [4.78, 5) is 22.3. The Bertz CT molecular complexity index is 231. The lowest BCUT2D eigenvalue weighted by atomic mass is 10.1. The number of rotatable bonds is 6. The van der Waals surface area contributed by atoms with E-state index in [1.54, 1.807) is 0 Å². The molecule has 1 fully saturated rings. The SMILES string of the molecule is CCOCCCNC(=O)C1CNC(=O)C1. The first kappa shape index (κ1) is 12.0. The fourth-order valence-corrected chi connectivity index (χ4v) is 1.47. The second-order valence-electron chi connectivity index (χ2n) is 3.55. The monoisotopic (exact) mass is 214 g/mol. The summed E-state index contributed by atoms with van der Waals surface area (Å²) in [5.41, 5.74) is 0. The Kier molecular flexibility index (Phi) is 5.10. The molecule has 0 aliphatic carbocycles. The van der Waals surface area contributed by atoms with Crippen molar-refractivity contribution in [1.82, 2.24) is 10.6 Å². The predicted octanol–water partition coefficient (Wildman–Crippen LogP) is -0.335. The summed E-state index contributed by atoms with van der Waals surface area (Å²) in [5.74, 6) is -0.265. The van der Waals surface area contributed by atoms with Gasteiger partial charge in [0.2, 0.25) is 11.8 Å². The third kappa shape index (κ3) is 4.29. The minimum Gasteiger partial charge on any atom is -0.382 e. The summed E-state index contributed by atoms with van der Waals surface area (Å²) in [5, 5.41) is 5.43. The maximum Gasteiger partial charge on any atom is 0.225 e. The molecule has 1 unspecified atom stereocenters. The molecule has 2 N–H and O–H groups in total. The maximum absolute atomic E-state index is 11.5. The smallest absolute Gasteiger partial charge is 0.225 e. The number of carbonyl (C=O) groups is 2. The summed E-state index contributed by atoms with van der Waals surface area (Å²) in [6.45, 7) is 4.39. The van der Waals surface area contributed by atoms with Crippen molar-refractivity contribution in [3.05, 3.63) is 0 Å². The van der Waals surface area contributed by atoms with Crippen LogP contribution in [0.2, 0.25) is 0 Å². The Morgan fingerprint density at radius 2 is 2.47 bits per heavy atom. The summed E-state index contributed by atoms with van der Waals surface area (Å²) < 4.78 is 5.14. The van der Waals surface area contributed by atoms with Crippen LogP contribution in [-0.2, 0) is 14.3 Å². The van der Waals surface area contributed by atoms with Gasteiger partial charge in [-0.25, -0.2) is 0 Å². The van der Waals surface area contributed by atoms with Crippen molar-refractivity contribution in [2.24, 2.45) is 5.92 Å². The van der Waals surface area contributed by atoms with E-state index < -0.39 is 0 Å². The van der Waals surface area contributed by atoms with Crippen LogP contribution in [-0.4, -0.2) is 38.1 Å². The third-order valence-electron chi connectivity index (χ3n) is 2.32. The van der Waals surface area contributed by atoms with Crippen LogP contribution >= 0.6 is 0 Å². The van der Waals surface area contributed by atoms with Crippen molar-refractivity contribution in [3.8, 4) is 0 Å². The Hall–Kier alpha value is -1.10. The van der Waals surface area contributed by atoms with Gasteiger partial charge in [-0.2, -0.15) is 0 Å². The van der Waals surface area contributed by atoms with E-state index >= 15 is 0 Å². The molecular formula is C10H18N2O3. The Balaban J connectivity index is 2.06. The van der Waals surface area contributed by atoms with E-state index in [4.69, 9.17) is 4.74 Å². The van der Waals surface area contributed by atoms with Crippen LogP contribution in [0.25, 0.3) is 0 Å². The molecule has 5 nitrogen and oxygen atoms in total. The van der Waals surface area contributed by atoms with Crippen LogP contribution in [0.1, 0.15) is 19.8 Å². The zero-order chi connectivity index (χ0) is 11.1. The molecule has 2 amide bonds. The van der Waals surface area contributed by atoms with Gasteiger partial charge in [0.15, 0.2) is 0 Å². The van der Waals surface area contributed by atoms with Gasteiger partial charge in [0, 0.05) is 32.7 Å². The number of amides is 2. The van der Waals surface area contributed by atoms with Crippen LogP contribution in [0, 0.1) is 5.92 Å². The zero-order valence-electron chi connectivity index (χ0n) is 9.04. The van der Waals surface area contributed by atoms with Crippen molar-refractivity contribution in [2.75, 3.05) is 26.3 Å². The minimum atomic E-state index is -0.190. The normalized spacial score (nSPS) is 20.1. The lowest BCUT2D eigenvalue weighted by Crippen LogP contribution is -2.32. The van der Waals surface area contributed by atoms with Gasteiger partial charge in [0.05, 0.1) is 5.92 Å². The largest absolute Gasteiger partial charge is 0.382 e. The lowest BCUT2D eigenvalue weighted by Gasteiger charge is -2.08. The van der Waals surface area contributed by atoms with Crippen LogP contribution in [0.5, 0.6) is 0 Å². The molecule has 86 valence electrons. The summed E-state index contributed by atoms with van der Waals surface area (Å²) in [6.07, 6.45) is 1.13. The quantitative estimate of drug-likeness (QED) is 0.595. The summed E-state index contributed by atoms with van der Waals surface area (Å²) in [7, 11) is 0. The molecule has 1 aliphatic rings. The molecule has 1 atom stereocenters. The second kappa shape index (κ2) is 6.40. The van der Waals surface area contributed by atoms with E-state index in [2.05, 4.69) is 10.6 Å². The van der Waals surface area contributed by atoms with Gasteiger partial charge < -0.3 is 15.4 Å². The molecule has 0 bridgehead atoms. The van der Waals surface area contributed by atoms with Crippen LogP contribution in [0.15, 0.2) is 0 Å². The standard InChI is InChI=1S/C10H18N2O3/c1-2-15-5-3-4-11-10(14)8-6-9(13)12-7-8/h8H,2-7H2,1H3,(H,11,14)(H,12,13). The first-order valence-corrected chi connectivity index (χ1v) is 5.36. The number of ether oxygens (including phenoxy) is 1. The third-order valence-corrected chi connectivity index (χ3v) is 2.32. The highest BCUT2D eigenvalue weighted by Gasteiger charge is 2.27. The fourth-order valence-electron chi connectivity index (χ4n) is 1.47. The maximum atomic E-state index is 11.5. The van der Waals surface area contributed by atoms with Crippen LogP contribution in [0.3, 0.4) is 0 Å².